The number of hydrogen-bond donors (Lipinski definition) is 1. The molecule has 0 bridgehead atoms. The summed E-state index contributed by atoms with van der Waals surface area (Å²) in [6.45, 7) is 1.95. The molecule has 0 heterocycles. The minimum Gasteiger partial charge on any atom is -0.492 e. The van der Waals surface area contributed by atoms with Crippen molar-refractivity contribution in [3.8, 4) is 11.5 Å². The Labute approximate surface area is 143 Å². The molecule has 2 aromatic carbocycles. The highest BCUT2D eigenvalue weighted by Gasteiger charge is 2.31. The lowest BCUT2D eigenvalue weighted by molar-refractivity contribution is -0.274. The summed E-state index contributed by atoms with van der Waals surface area (Å²) in [6.07, 6.45) is -4.89. The molecule has 2 rings (SSSR count). The van der Waals surface area contributed by atoms with Crippen molar-refractivity contribution in [1.29, 1.82) is 0 Å². The molecule has 0 atom stereocenters. The smallest absolute Gasteiger partial charge is 0.492 e. The first-order valence-electron chi connectivity index (χ1n) is 7.21. The van der Waals surface area contributed by atoms with Gasteiger partial charge in [0, 0.05) is 12.6 Å². The molecule has 0 aliphatic carbocycles. The maximum Gasteiger partial charge on any atom is 0.573 e. The lowest BCUT2D eigenvalue weighted by Crippen LogP contribution is -2.28. The standard InChI is InChI=1S/C16H16F3NO4S/c1-12-5-7-13(8-6-12)23-10-9-20-25(21,22)15-4-2-3-14(11-15)24-16(17,18)19/h2-8,11,20H,9-10H2,1H3. The quantitative estimate of drug-likeness (QED) is 0.755. The van der Waals surface area contributed by atoms with E-state index in [1.54, 1.807) is 12.1 Å². The Bertz CT molecular complexity index is 805. The molecule has 0 spiro atoms. The maximum absolute atomic E-state index is 12.2. The molecular formula is C16H16F3NO4S. The number of benzene rings is 2. The summed E-state index contributed by atoms with van der Waals surface area (Å²) in [5.41, 5.74) is 1.06. The van der Waals surface area contributed by atoms with Gasteiger partial charge in [-0.05, 0) is 31.2 Å². The van der Waals surface area contributed by atoms with Crippen LogP contribution in [0.3, 0.4) is 0 Å². The van der Waals surface area contributed by atoms with E-state index < -0.39 is 22.1 Å². The highest BCUT2D eigenvalue weighted by Crippen LogP contribution is 2.24. The number of sulfonamides is 1. The molecule has 0 aromatic heterocycles. The summed E-state index contributed by atoms with van der Waals surface area (Å²) in [5, 5.41) is 0. The van der Waals surface area contributed by atoms with Crippen molar-refractivity contribution in [3.63, 3.8) is 0 Å². The molecule has 1 N–H and O–H groups in total. The van der Waals surface area contributed by atoms with E-state index in [2.05, 4.69) is 9.46 Å². The molecule has 25 heavy (non-hydrogen) atoms. The van der Waals surface area contributed by atoms with Crippen LogP contribution >= 0.6 is 0 Å². The second-order valence-electron chi connectivity index (χ2n) is 5.08. The number of hydrogen-bond acceptors (Lipinski definition) is 4. The average molecular weight is 375 g/mol. The van der Waals surface area contributed by atoms with Gasteiger partial charge in [-0.1, -0.05) is 23.8 Å². The van der Waals surface area contributed by atoms with Crippen LogP contribution in [0.4, 0.5) is 13.2 Å². The fourth-order valence-electron chi connectivity index (χ4n) is 1.90. The second kappa shape index (κ2) is 7.75. The summed E-state index contributed by atoms with van der Waals surface area (Å²) in [4.78, 5) is -0.329. The third-order valence-corrected chi connectivity index (χ3v) is 4.49. The van der Waals surface area contributed by atoms with E-state index in [0.717, 1.165) is 17.7 Å². The molecule has 0 aliphatic heterocycles. The van der Waals surface area contributed by atoms with Crippen molar-refractivity contribution in [3.05, 3.63) is 54.1 Å². The van der Waals surface area contributed by atoms with Crippen molar-refractivity contribution in [1.82, 2.24) is 4.72 Å². The topological polar surface area (TPSA) is 64.6 Å². The number of ether oxygens (including phenoxy) is 2. The predicted molar refractivity (Wildman–Crippen MR) is 85.0 cm³/mol. The highest BCUT2D eigenvalue weighted by molar-refractivity contribution is 7.89. The van der Waals surface area contributed by atoms with Crippen molar-refractivity contribution in [2.75, 3.05) is 13.2 Å². The van der Waals surface area contributed by atoms with E-state index in [1.165, 1.54) is 12.1 Å². The highest BCUT2D eigenvalue weighted by atomic mass is 32.2. The van der Waals surface area contributed by atoms with E-state index in [4.69, 9.17) is 4.74 Å². The number of rotatable bonds is 7. The zero-order valence-electron chi connectivity index (χ0n) is 13.2. The maximum atomic E-state index is 12.2. The Morgan fingerprint density at radius 3 is 2.36 bits per heavy atom. The van der Waals surface area contributed by atoms with Crippen LogP contribution in [-0.4, -0.2) is 27.9 Å². The first-order valence-corrected chi connectivity index (χ1v) is 8.69. The van der Waals surface area contributed by atoms with Gasteiger partial charge in [0.2, 0.25) is 10.0 Å². The summed E-state index contributed by atoms with van der Waals surface area (Å²) in [7, 11) is -3.98. The van der Waals surface area contributed by atoms with Crippen molar-refractivity contribution >= 4 is 10.0 Å². The normalized spacial score (nSPS) is 12.0. The molecule has 0 saturated heterocycles. The largest absolute Gasteiger partial charge is 0.573 e. The monoisotopic (exact) mass is 375 g/mol. The SMILES string of the molecule is Cc1ccc(OCCNS(=O)(=O)c2cccc(OC(F)(F)F)c2)cc1. The fourth-order valence-corrected chi connectivity index (χ4v) is 2.95. The van der Waals surface area contributed by atoms with Gasteiger partial charge >= 0.3 is 6.36 Å². The Hall–Kier alpha value is -2.26. The number of halogens is 3. The third-order valence-electron chi connectivity index (χ3n) is 3.03. The molecule has 0 aliphatic rings. The fraction of sp³-hybridized carbons (Fsp3) is 0.250. The van der Waals surface area contributed by atoms with Crippen LogP contribution in [-0.2, 0) is 10.0 Å². The van der Waals surface area contributed by atoms with E-state index in [1.807, 2.05) is 19.1 Å². The summed E-state index contributed by atoms with van der Waals surface area (Å²) in [5.74, 6) is -0.0170. The van der Waals surface area contributed by atoms with Crippen LogP contribution in [0.2, 0.25) is 0 Å². The minimum atomic E-state index is -4.89. The van der Waals surface area contributed by atoms with Gasteiger partial charge in [0.25, 0.3) is 0 Å². The van der Waals surface area contributed by atoms with Crippen LogP contribution in [0.25, 0.3) is 0 Å². The Balaban J connectivity index is 1.92. The molecule has 0 unspecified atom stereocenters. The first-order chi connectivity index (χ1) is 11.7. The molecule has 0 radical (unpaired) electrons. The lowest BCUT2D eigenvalue weighted by atomic mass is 10.2. The molecule has 0 fully saturated rings. The first kappa shape index (κ1) is 19.1. The molecule has 9 heteroatoms. The molecular weight excluding hydrogens is 359 g/mol. The number of nitrogens with one attached hydrogen (secondary N) is 1. The Morgan fingerprint density at radius 2 is 1.72 bits per heavy atom. The molecule has 2 aromatic rings. The van der Waals surface area contributed by atoms with Crippen molar-refractivity contribution < 1.29 is 31.1 Å². The zero-order chi connectivity index (χ0) is 18.5. The van der Waals surface area contributed by atoms with E-state index in [-0.39, 0.29) is 18.0 Å². The average Bonchev–Trinajstić information content (AvgIpc) is 2.52. The van der Waals surface area contributed by atoms with Crippen LogP contribution in [0.15, 0.2) is 53.4 Å². The number of aryl methyl sites for hydroxylation is 1. The molecule has 0 amide bonds. The molecule has 136 valence electrons. The van der Waals surface area contributed by atoms with E-state index in [0.29, 0.717) is 5.75 Å². The third kappa shape index (κ3) is 6.28. The van der Waals surface area contributed by atoms with Gasteiger partial charge in [0.1, 0.15) is 18.1 Å². The summed E-state index contributed by atoms with van der Waals surface area (Å²) in [6, 6.07) is 11.4. The van der Waals surface area contributed by atoms with Crippen LogP contribution in [0.5, 0.6) is 11.5 Å². The summed E-state index contributed by atoms with van der Waals surface area (Å²) < 4.78 is 72.2. The van der Waals surface area contributed by atoms with Crippen LogP contribution < -0.4 is 14.2 Å². The zero-order valence-corrected chi connectivity index (χ0v) is 14.0. The Kier molecular flexibility index (Phi) is 5.91. The Morgan fingerprint density at radius 1 is 1.04 bits per heavy atom. The van der Waals surface area contributed by atoms with Gasteiger partial charge in [0.05, 0.1) is 4.90 Å². The van der Waals surface area contributed by atoms with E-state index >= 15 is 0 Å². The predicted octanol–water partition coefficient (Wildman–Crippen LogP) is 3.25. The van der Waals surface area contributed by atoms with Gasteiger partial charge in [-0.15, -0.1) is 13.2 Å². The minimum absolute atomic E-state index is 0.0411. The van der Waals surface area contributed by atoms with Crippen molar-refractivity contribution in [2.45, 2.75) is 18.2 Å². The summed E-state index contributed by atoms with van der Waals surface area (Å²) >= 11 is 0. The molecule has 5 nitrogen and oxygen atoms in total. The van der Waals surface area contributed by atoms with Gasteiger partial charge in [0.15, 0.2) is 0 Å². The van der Waals surface area contributed by atoms with Gasteiger partial charge in [-0.3, -0.25) is 0 Å². The van der Waals surface area contributed by atoms with E-state index in [9.17, 15) is 21.6 Å². The van der Waals surface area contributed by atoms with Crippen LogP contribution in [0, 0.1) is 6.92 Å². The second-order valence-corrected chi connectivity index (χ2v) is 6.85. The van der Waals surface area contributed by atoms with Gasteiger partial charge in [-0.25, -0.2) is 13.1 Å². The molecule has 0 saturated carbocycles. The van der Waals surface area contributed by atoms with Crippen molar-refractivity contribution in [2.24, 2.45) is 0 Å². The van der Waals surface area contributed by atoms with Gasteiger partial charge < -0.3 is 9.47 Å². The number of alkyl halides is 3. The van der Waals surface area contributed by atoms with Crippen LogP contribution in [0.1, 0.15) is 5.56 Å². The van der Waals surface area contributed by atoms with Gasteiger partial charge in [-0.2, -0.15) is 0 Å². The lowest BCUT2D eigenvalue weighted by Gasteiger charge is -2.11.